The van der Waals surface area contributed by atoms with Gasteiger partial charge in [0.1, 0.15) is 0 Å². The summed E-state index contributed by atoms with van der Waals surface area (Å²) in [4.78, 5) is 12.4. The largest absolute Gasteiger partial charge is 0.454 e. The number of hydrogen-bond acceptors (Lipinski definition) is 8. The molecule has 1 aliphatic rings. The van der Waals surface area contributed by atoms with Crippen molar-refractivity contribution in [2.24, 2.45) is 0 Å². The van der Waals surface area contributed by atoms with E-state index in [4.69, 9.17) is 19.2 Å². The number of amides is 1. The molecule has 0 spiro atoms. The van der Waals surface area contributed by atoms with Crippen LogP contribution in [-0.4, -0.2) is 28.1 Å². The first-order valence-electron chi connectivity index (χ1n) is 8.33. The number of fused-ring (bicyclic) bond motifs is 1. The summed E-state index contributed by atoms with van der Waals surface area (Å²) >= 11 is 1.15. The molecule has 2 heterocycles. The Hall–Kier alpha value is -3.51. The molecule has 0 bridgehead atoms. The number of hydrogen-bond donors (Lipinski definition) is 1. The molecule has 4 rings (SSSR count). The highest BCUT2D eigenvalue weighted by molar-refractivity contribution is 8.00. The molecule has 140 valence electrons. The van der Waals surface area contributed by atoms with E-state index in [-0.39, 0.29) is 17.9 Å². The Morgan fingerprint density at radius 2 is 2.07 bits per heavy atom. The zero-order valence-electron chi connectivity index (χ0n) is 14.7. The lowest BCUT2D eigenvalue weighted by Crippen LogP contribution is -2.22. The molecular weight excluding hydrogens is 380 g/mol. The average molecular weight is 394 g/mol. The Labute approximate surface area is 164 Å². The van der Waals surface area contributed by atoms with Gasteiger partial charge in [0.2, 0.25) is 18.6 Å². The molecule has 0 fully saturated rings. The lowest BCUT2D eigenvalue weighted by molar-refractivity contribution is -0.115. The van der Waals surface area contributed by atoms with Crippen LogP contribution < -0.4 is 14.8 Å². The summed E-state index contributed by atoms with van der Waals surface area (Å²) in [6.45, 7) is 1.92. The van der Waals surface area contributed by atoms with Crippen LogP contribution in [0.3, 0.4) is 0 Å². The van der Waals surface area contributed by atoms with E-state index < -0.39 is 5.25 Å². The van der Waals surface area contributed by atoms with Gasteiger partial charge in [-0.15, -0.1) is 10.2 Å². The predicted octanol–water partition coefficient (Wildman–Crippen LogP) is 3.46. The number of rotatable bonds is 5. The van der Waals surface area contributed by atoms with Gasteiger partial charge in [0.25, 0.3) is 5.22 Å². The summed E-state index contributed by atoms with van der Waals surface area (Å²) in [5.41, 5.74) is 1.74. The molecule has 0 radical (unpaired) electrons. The standard InChI is InChI=1S/C19H14N4O4S/c1-11(17(24)21-14-4-2-3-12(7-14)9-20)28-19-23-22-18(27-19)13-5-6-15-16(8-13)26-10-25-15/h2-8,11H,10H2,1H3,(H,21,24)/t11-/m1/s1. The van der Waals surface area contributed by atoms with Crippen molar-refractivity contribution in [1.82, 2.24) is 10.2 Å². The molecule has 0 aliphatic carbocycles. The third-order valence-electron chi connectivity index (χ3n) is 3.93. The Morgan fingerprint density at radius 3 is 2.93 bits per heavy atom. The average Bonchev–Trinajstić information content (AvgIpc) is 3.36. The topological polar surface area (TPSA) is 110 Å². The molecular formula is C19H14N4O4S. The van der Waals surface area contributed by atoms with Gasteiger partial charge in [-0.1, -0.05) is 17.8 Å². The fraction of sp³-hybridized carbons (Fsp3) is 0.158. The maximum Gasteiger partial charge on any atom is 0.277 e. The molecule has 2 aromatic carbocycles. The van der Waals surface area contributed by atoms with Crippen LogP contribution in [0.15, 0.2) is 52.1 Å². The van der Waals surface area contributed by atoms with Gasteiger partial charge in [0.15, 0.2) is 11.5 Å². The fourth-order valence-corrected chi connectivity index (χ4v) is 3.20. The molecule has 9 heteroatoms. The van der Waals surface area contributed by atoms with Gasteiger partial charge in [-0.3, -0.25) is 4.79 Å². The minimum Gasteiger partial charge on any atom is -0.454 e. The Bertz CT molecular complexity index is 1080. The quantitative estimate of drug-likeness (QED) is 0.655. The van der Waals surface area contributed by atoms with E-state index in [0.717, 1.165) is 11.8 Å². The van der Waals surface area contributed by atoms with Crippen molar-refractivity contribution >= 4 is 23.4 Å². The summed E-state index contributed by atoms with van der Waals surface area (Å²) in [6.07, 6.45) is 0. The van der Waals surface area contributed by atoms with Crippen LogP contribution in [0.2, 0.25) is 0 Å². The molecule has 1 aliphatic heterocycles. The lowest BCUT2D eigenvalue weighted by atomic mass is 10.2. The highest BCUT2D eigenvalue weighted by Gasteiger charge is 2.20. The van der Waals surface area contributed by atoms with Crippen molar-refractivity contribution in [3.8, 4) is 29.0 Å². The first kappa shape index (κ1) is 17.9. The van der Waals surface area contributed by atoms with Gasteiger partial charge < -0.3 is 19.2 Å². The van der Waals surface area contributed by atoms with Crippen LogP contribution in [0, 0.1) is 11.3 Å². The maximum atomic E-state index is 12.4. The smallest absolute Gasteiger partial charge is 0.277 e. The summed E-state index contributed by atoms with van der Waals surface area (Å²) in [5, 5.41) is 19.5. The number of nitriles is 1. The summed E-state index contributed by atoms with van der Waals surface area (Å²) < 4.78 is 16.3. The van der Waals surface area contributed by atoms with E-state index in [1.54, 1.807) is 49.4 Å². The van der Waals surface area contributed by atoms with Gasteiger partial charge >= 0.3 is 0 Å². The fourth-order valence-electron chi connectivity index (χ4n) is 2.52. The number of benzene rings is 2. The highest BCUT2D eigenvalue weighted by atomic mass is 32.2. The molecule has 1 aromatic heterocycles. The molecule has 8 nitrogen and oxygen atoms in total. The number of carbonyl (C=O) groups is 1. The maximum absolute atomic E-state index is 12.4. The normalized spacial score (nSPS) is 13.0. The van der Waals surface area contributed by atoms with Crippen LogP contribution in [0.4, 0.5) is 5.69 Å². The van der Waals surface area contributed by atoms with Gasteiger partial charge in [0.05, 0.1) is 16.9 Å². The van der Waals surface area contributed by atoms with E-state index in [1.165, 1.54) is 0 Å². The first-order chi connectivity index (χ1) is 13.6. The Kier molecular flexibility index (Phi) is 4.87. The summed E-state index contributed by atoms with van der Waals surface area (Å²) in [5.74, 6) is 1.39. The van der Waals surface area contributed by atoms with Crippen molar-refractivity contribution < 1.29 is 18.7 Å². The number of nitrogens with one attached hydrogen (secondary N) is 1. The van der Waals surface area contributed by atoms with Crippen LogP contribution in [0.5, 0.6) is 11.5 Å². The second kappa shape index (κ2) is 7.62. The third-order valence-corrected chi connectivity index (χ3v) is 4.87. The predicted molar refractivity (Wildman–Crippen MR) is 101 cm³/mol. The van der Waals surface area contributed by atoms with Crippen molar-refractivity contribution in [2.75, 3.05) is 12.1 Å². The Morgan fingerprint density at radius 1 is 1.21 bits per heavy atom. The minimum absolute atomic E-state index is 0.188. The van der Waals surface area contributed by atoms with Crippen molar-refractivity contribution in [2.45, 2.75) is 17.4 Å². The summed E-state index contributed by atoms with van der Waals surface area (Å²) in [7, 11) is 0. The van der Waals surface area contributed by atoms with Crippen molar-refractivity contribution in [3.63, 3.8) is 0 Å². The van der Waals surface area contributed by atoms with Gasteiger partial charge in [-0.05, 0) is 43.3 Å². The lowest BCUT2D eigenvalue weighted by Gasteiger charge is -2.09. The molecule has 1 atom stereocenters. The molecule has 0 saturated heterocycles. The molecule has 28 heavy (non-hydrogen) atoms. The van der Waals surface area contributed by atoms with Gasteiger partial charge in [0, 0.05) is 11.3 Å². The third kappa shape index (κ3) is 3.77. The number of anilines is 1. The zero-order chi connectivity index (χ0) is 19.5. The molecule has 0 unspecified atom stereocenters. The monoisotopic (exact) mass is 394 g/mol. The number of thioether (sulfide) groups is 1. The van der Waals surface area contributed by atoms with Crippen molar-refractivity contribution in [3.05, 3.63) is 48.0 Å². The zero-order valence-corrected chi connectivity index (χ0v) is 15.5. The van der Waals surface area contributed by atoms with Crippen molar-refractivity contribution in [1.29, 1.82) is 5.26 Å². The van der Waals surface area contributed by atoms with E-state index in [9.17, 15) is 4.79 Å². The second-order valence-electron chi connectivity index (χ2n) is 5.88. The summed E-state index contributed by atoms with van der Waals surface area (Å²) in [6, 6.07) is 14.1. The van der Waals surface area contributed by atoms with Crippen LogP contribution >= 0.6 is 11.8 Å². The second-order valence-corrected chi connectivity index (χ2v) is 7.18. The van der Waals surface area contributed by atoms with E-state index in [1.807, 2.05) is 6.07 Å². The van der Waals surface area contributed by atoms with Crippen LogP contribution in [0.25, 0.3) is 11.5 Å². The number of nitrogens with zero attached hydrogens (tertiary/aromatic N) is 3. The van der Waals surface area contributed by atoms with Gasteiger partial charge in [-0.25, -0.2) is 0 Å². The number of carbonyl (C=O) groups excluding carboxylic acids is 1. The SMILES string of the molecule is C[C@@H](Sc1nnc(-c2ccc3c(c2)OCO3)o1)C(=O)Nc1cccc(C#N)c1. The van der Waals surface area contributed by atoms with E-state index >= 15 is 0 Å². The number of aromatic nitrogens is 2. The van der Waals surface area contributed by atoms with Crippen LogP contribution in [-0.2, 0) is 4.79 Å². The van der Waals surface area contributed by atoms with E-state index in [0.29, 0.717) is 34.2 Å². The Balaban J connectivity index is 1.41. The molecule has 0 saturated carbocycles. The molecule has 3 aromatic rings. The first-order valence-corrected chi connectivity index (χ1v) is 9.21. The minimum atomic E-state index is -0.476. The molecule has 1 amide bonds. The van der Waals surface area contributed by atoms with E-state index in [2.05, 4.69) is 15.5 Å². The van der Waals surface area contributed by atoms with Crippen LogP contribution in [0.1, 0.15) is 12.5 Å². The number of ether oxygens (including phenoxy) is 2. The van der Waals surface area contributed by atoms with Gasteiger partial charge in [-0.2, -0.15) is 5.26 Å². The highest BCUT2D eigenvalue weighted by Crippen LogP contribution is 2.36. The molecule has 1 N–H and O–H groups in total.